The maximum absolute atomic E-state index is 11.8. The minimum atomic E-state index is -1.41. The highest BCUT2D eigenvalue weighted by Crippen LogP contribution is 2.27. The highest BCUT2D eigenvalue weighted by atomic mass is 79.9. The van der Waals surface area contributed by atoms with Crippen molar-refractivity contribution in [1.82, 2.24) is 0 Å². The number of aliphatic hydroxyl groups is 1. The summed E-state index contributed by atoms with van der Waals surface area (Å²) in [5.74, 6) is -0.528. The Morgan fingerprint density at radius 2 is 1.90 bits per heavy atom. The normalized spacial score (nSPS) is 17.8. The molecule has 0 spiro atoms. The van der Waals surface area contributed by atoms with Crippen molar-refractivity contribution < 1.29 is 9.90 Å². The maximum Gasteiger partial charge on any atom is 0.276 e. The van der Waals surface area contributed by atoms with E-state index in [9.17, 15) is 9.90 Å². The van der Waals surface area contributed by atoms with Crippen LogP contribution in [0.3, 0.4) is 0 Å². The van der Waals surface area contributed by atoms with E-state index in [1.807, 2.05) is 42.5 Å². The number of nitrogens with one attached hydrogen (secondary N) is 1. The Morgan fingerprint density at radius 3 is 2.65 bits per heavy atom. The Hall–Kier alpha value is -1.98. The van der Waals surface area contributed by atoms with Crippen molar-refractivity contribution in [3.8, 4) is 0 Å². The van der Waals surface area contributed by atoms with E-state index in [0.717, 1.165) is 15.6 Å². The second kappa shape index (κ2) is 5.19. The van der Waals surface area contributed by atoms with Crippen molar-refractivity contribution in [2.24, 2.45) is 4.99 Å². The number of benzene rings is 2. The van der Waals surface area contributed by atoms with Gasteiger partial charge in [0.1, 0.15) is 0 Å². The van der Waals surface area contributed by atoms with Crippen LogP contribution in [-0.2, 0) is 4.79 Å². The lowest BCUT2D eigenvalue weighted by Crippen LogP contribution is -2.24. The number of aliphatic hydroxyl groups excluding tert-OH is 1. The number of amides is 1. The quantitative estimate of drug-likeness (QED) is 0.844. The fraction of sp³-hybridized carbons (Fsp3) is 0.0667. The number of hydrogen-bond donors (Lipinski definition) is 2. The van der Waals surface area contributed by atoms with Crippen molar-refractivity contribution in [3.63, 3.8) is 0 Å². The van der Waals surface area contributed by atoms with Crippen LogP contribution >= 0.6 is 15.9 Å². The number of anilines is 1. The largest absolute Gasteiger partial charge is 0.364 e. The minimum Gasteiger partial charge on any atom is -0.364 e. The zero-order valence-electron chi connectivity index (χ0n) is 10.4. The number of rotatable bonds is 1. The molecule has 1 atom stereocenters. The third kappa shape index (κ3) is 2.37. The van der Waals surface area contributed by atoms with E-state index in [4.69, 9.17) is 0 Å². The predicted octanol–water partition coefficient (Wildman–Crippen LogP) is 2.56. The minimum absolute atomic E-state index is 0.528. The Balaban J connectivity index is 2.23. The van der Waals surface area contributed by atoms with Crippen LogP contribution in [0.25, 0.3) is 0 Å². The summed E-state index contributed by atoms with van der Waals surface area (Å²) >= 11 is 3.42. The summed E-state index contributed by atoms with van der Waals surface area (Å²) < 4.78 is 0.880. The number of aliphatic imine (C=N–C) groups is 1. The summed E-state index contributed by atoms with van der Waals surface area (Å²) in [6.45, 7) is 0. The molecule has 1 aliphatic heterocycles. The first-order valence-corrected chi connectivity index (χ1v) is 6.86. The van der Waals surface area contributed by atoms with Gasteiger partial charge in [-0.05, 0) is 18.2 Å². The third-order valence-electron chi connectivity index (χ3n) is 3.03. The molecule has 20 heavy (non-hydrogen) atoms. The Kier molecular flexibility index (Phi) is 3.38. The number of fused-ring (bicyclic) bond motifs is 1. The van der Waals surface area contributed by atoms with Gasteiger partial charge >= 0.3 is 0 Å². The third-order valence-corrected chi connectivity index (χ3v) is 3.52. The molecule has 5 heteroatoms. The molecular formula is C15H11BrN2O2. The molecular weight excluding hydrogens is 320 g/mol. The van der Waals surface area contributed by atoms with Crippen LogP contribution in [-0.4, -0.2) is 23.0 Å². The van der Waals surface area contributed by atoms with Gasteiger partial charge in [0.2, 0.25) is 6.23 Å². The van der Waals surface area contributed by atoms with Crippen LogP contribution in [0, 0.1) is 0 Å². The van der Waals surface area contributed by atoms with Gasteiger partial charge in [-0.25, -0.2) is 4.99 Å². The van der Waals surface area contributed by atoms with Crippen molar-refractivity contribution in [2.75, 3.05) is 5.32 Å². The predicted molar refractivity (Wildman–Crippen MR) is 80.9 cm³/mol. The van der Waals surface area contributed by atoms with E-state index in [2.05, 4.69) is 26.2 Å². The molecule has 4 nitrogen and oxygen atoms in total. The summed E-state index contributed by atoms with van der Waals surface area (Å²) in [6, 6.07) is 15.0. The lowest BCUT2D eigenvalue weighted by atomic mass is 10.0. The van der Waals surface area contributed by atoms with Crippen LogP contribution in [0.2, 0.25) is 0 Å². The Bertz CT molecular complexity index is 698. The van der Waals surface area contributed by atoms with Crippen LogP contribution in [0.5, 0.6) is 0 Å². The van der Waals surface area contributed by atoms with Gasteiger partial charge in [-0.15, -0.1) is 0 Å². The van der Waals surface area contributed by atoms with Crippen LogP contribution in [0.4, 0.5) is 5.69 Å². The average molecular weight is 331 g/mol. The van der Waals surface area contributed by atoms with Crippen LogP contribution in [0.1, 0.15) is 11.1 Å². The van der Waals surface area contributed by atoms with Gasteiger partial charge in [0.15, 0.2) is 0 Å². The molecule has 1 aliphatic rings. The molecule has 0 aromatic heterocycles. The molecule has 3 rings (SSSR count). The fourth-order valence-electron chi connectivity index (χ4n) is 2.10. The van der Waals surface area contributed by atoms with E-state index in [-0.39, 0.29) is 0 Å². The van der Waals surface area contributed by atoms with Gasteiger partial charge in [0.05, 0.1) is 11.4 Å². The highest BCUT2D eigenvalue weighted by molar-refractivity contribution is 9.10. The molecule has 0 unspecified atom stereocenters. The van der Waals surface area contributed by atoms with Gasteiger partial charge in [0, 0.05) is 15.6 Å². The van der Waals surface area contributed by atoms with Crippen molar-refractivity contribution in [1.29, 1.82) is 0 Å². The molecule has 0 aliphatic carbocycles. The van der Waals surface area contributed by atoms with Gasteiger partial charge in [-0.1, -0.05) is 46.3 Å². The lowest BCUT2D eigenvalue weighted by molar-refractivity contribution is -0.123. The fourth-order valence-corrected chi connectivity index (χ4v) is 2.46. The SMILES string of the molecule is O=C1Nc2ccc(Br)cc2C(c2ccccc2)=N[C@H]1O. The molecule has 100 valence electrons. The van der Waals surface area contributed by atoms with Crippen molar-refractivity contribution in [3.05, 3.63) is 64.1 Å². The zero-order valence-corrected chi connectivity index (χ0v) is 12.0. The molecule has 0 bridgehead atoms. The number of nitrogens with zero attached hydrogens (tertiary/aromatic N) is 1. The second-order valence-electron chi connectivity index (χ2n) is 4.40. The summed E-state index contributed by atoms with van der Waals surface area (Å²) in [4.78, 5) is 15.9. The number of carbonyl (C=O) groups excluding carboxylic acids is 1. The smallest absolute Gasteiger partial charge is 0.276 e. The van der Waals surface area contributed by atoms with Crippen LogP contribution < -0.4 is 5.32 Å². The molecule has 2 aromatic carbocycles. The first kappa shape index (κ1) is 13.0. The average Bonchev–Trinajstić information content (AvgIpc) is 2.58. The topological polar surface area (TPSA) is 61.7 Å². The Labute approximate surface area is 124 Å². The summed E-state index contributed by atoms with van der Waals surface area (Å²) in [5.41, 5.74) is 2.85. The van der Waals surface area contributed by atoms with Gasteiger partial charge in [0.25, 0.3) is 5.91 Å². The molecule has 1 amide bonds. The van der Waals surface area contributed by atoms with Gasteiger partial charge < -0.3 is 10.4 Å². The molecule has 1 heterocycles. The van der Waals surface area contributed by atoms with Crippen molar-refractivity contribution in [2.45, 2.75) is 6.23 Å². The first-order chi connectivity index (χ1) is 9.65. The Morgan fingerprint density at radius 1 is 1.15 bits per heavy atom. The molecule has 0 saturated carbocycles. The highest BCUT2D eigenvalue weighted by Gasteiger charge is 2.23. The molecule has 2 N–H and O–H groups in total. The van der Waals surface area contributed by atoms with E-state index >= 15 is 0 Å². The number of benzodiazepines with no additional fused rings is 1. The summed E-state index contributed by atoms with van der Waals surface area (Å²) in [7, 11) is 0. The molecule has 0 radical (unpaired) electrons. The number of carbonyl (C=O) groups is 1. The van der Waals surface area contributed by atoms with E-state index in [1.165, 1.54) is 0 Å². The van der Waals surface area contributed by atoms with E-state index < -0.39 is 12.1 Å². The summed E-state index contributed by atoms with van der Waals surface area (Å²) in [6.07, 6.45) is -1.41. The molecule has 0 saturated heterocycles. The first-order valence-electron chi connectivity index (χ1n) is 6.07. The van der Waals surface area contributed by atoms with E-state index in [0.29, 0.717) is 11.4 Å². The summed E-state index contributed by atoms with van der Waals surface area (Å²) in [5, 5.41) is 12.5. The van der Waals surface area contributed by atoms with E-state index in [1.54, 1.807) is 6.07 Å². The number of halogens is 1. The van der Waals surface area contributed by atoms with Gasteiger partial charge in [-0.2, -0.15) is 0 Å². The van der Waals surface area contributed by atoms with Gasteiger partial charge in [-0.3, -0.25) is 4.79 Å². The lowest BCUT2D eigenvalue weighted by Gasteiger charge is -2.10. The maximum atomic E-state index is 11.8. The molecule has 2 aromatic rings. The standard InChI is InChI=1S/C15H11BrN2O2/c16-10-6-7-12-11(8-10)13(9-4-2-1-3-5-9)18-15(20)14(19)17-12/h1-8,15,20H,(H,17,19)/t15-/m0/s1. The second-order valence-corrected chi connectivity index (χ2v) is 5.31. The zero-order chi connectivity index (χ0) is 14.1. The number of hydrogen-bond acceptors (Lipinski definition) is 3. The van der Waals surface area contributed by atoms with Crippen molar-refractivity contribution >= 4 is 33.2 Å². The molecule has 0 fully saturated rings. The van der Waals surface area contributed by atoms with Crippen LogP contribution in [0.15, 0.2) is 58.0 Å². The monoisotopic (exact) mass is 330 g/mol.